The van der Waals surface area contributed by atoms with Gasteiger partial charge >= 0.3 is 0 Å². The first-order valence-electron chi connectivity index (χ1n) is 7.08. The summed E-state index contributed by atoms with van der Waals surface area (Å²) in [6, 6.07) is 13.9. The van der Waals surface area contributed by atoms with E-state index in [1.165, 1.54) is 6.26 Å². The van der Waals surface area contributed by atoms with Crippen molar-refractivity contribution in [3.05, 3.63) is 65.9 Å². The van der Waals surface area contributed by atoms with Gasteiger partial charge in [-0.3, -0.25) is 4.79 Å². The number of hydrogen-bond acceptors (Lipinski definition) is 3. The number of benzene rings is 2. The molecule has 0 unspecified atom stereocenters. The first kappa shape index (κ1) is 15.3. The highest BCUT2D eigenvalue weighted by atomic mass is 32.2. The lowest BCUT2D eigenvalue weighted by molar-refractivity contribution is 0.0952. The second kappa shape index (κ2) is 5.89. The first-order valence-corrected chi connectivity index (χ1v) is 8.97. The summed E-state index contributed by atoms with van der Waals surface area (Å²) in [5.74, 6) is -0.176. The van der Waals surface area contributed by atoms with E-state index >= 15 is 0 Å². The van der Waals surface area contributed by atoms with E-state index in [1.54, 1.807) is 36.5 Å². The van der Waals surface area contributed by atoms with E-state index in [9.17, 15) is 13.2 Å². The SMILES string of the molecule is CS(=O)(=O)c1ccc(CNC(=O)c2cccc3cc[nH]c23)cc1. The summed E-state index contributed by atoms with van der Waals surface area (Å²) >= 11 is 0. The van der Waals surface area contributed by atoms with E-state index < -0.39 is 9.84 Å². The second-order valence-corrected chi connectivity index (χ2v) is 7.36. The Labute approximate surface area is 134 Å². The molecule has 0 saturated carbocycles. The third kappa shape index (κ3) is 3.27. The Hall–Kier alpha value is -2.60. The van der Waals surface area contributed by atoms with Gasteiger partial charge in [0.2, 0.25) is 0 Å². The van der Waals surface area contributed by atoms with E-state index in [1.807, 2.05) is 18.2 Å². The third-order valence-corrected chi connectivity index (χ3v) is 4.76. The standard InChI is InChI=1S/C17H16N2O3S/c1-23(21,22)14-7-5-12(6-8-14)11-19-17(20)15-4-2-3-13-9-10-18-16(13)15/h2-10,18H,11H2,1H3,(H,19,20). The maximum absolute atomic E-state index is 12.3. The molecule has 0 spiro atoms. The summed E-state index contributed by atoms with van der Waals surface area (Å²) in [5, 5.41) is 3.83. The van der Waals surface area contributed by atoms with Crippen LogP contribution in [0, 0.1) is 0 Å². The van der Waals surface area contributed by atoms with Crippen LogP contribution in [0.5, 0.6) is 0 Å². The van der Waals surface area contributed by atoms with Gasteiger partial charge in [0.15, 0.2) is 9.84 Å². The number of aromatic amines is 1. The molecule has 6 heteroatoms. The number of rotatable bonds is 4. The normalized spacial score (nSPS) is 11.5. The van der Waals surface area contributed by atoms with Crippen LogP contribution in [0.3, 0.4) is 0 Å². The number of amides is 1. The number of aromatic nitrogens is 1. The predicted octanol–water partition coefficient (Wildman–Crippen LogP) is 2.50. The van der Waals surface area contributed by atoms with Gasteiger partial charge in [0, 0.05) is 24.4 Å². The maximum atomic E-state index is 12.3. The average molecular weight is 328 g/mol. The third-order valence-electron chi connectivity index (χ3n) is 3.64. The van der Waals surface area contributed by atoms with Gasteiger partial charge in [-0.05, 0) is 29.8 Å². The van der Waals surface area contributed by atoms with Crippen molar-refractivity contribution >= 4 is 26.6 Å². The quantitative estimate of drug-likeness (QED) is 0.772. The molecular weight excluding hydrogens is 312 g/mol. The first-order chi connectivity index (χ1) is 10.9. The molecule has 0 radical (unpaired) electrons. The predicted molar refractivity (Wildman–Crippen MR) is 89.0 cm³/mol. The van der Waals surface area contributed by atoms with Crippen molar-refractivity contribution in [1.82, 2.24) is 10.3 Å². The van der Waals surface area contributed by atoms with Gasteiger partial charge in [0.25, 0.3) is 5.91 Å². The van der Waals surface area contributed by atoms with E-state index in [4.69, 9.17) is 0 Å². The van der Waals surface area contributed by atoms with Crippen LogP contribution in [-0.4, -0.2) is 25.6 Å². The summed E-state index contributed by atoms with van der Waals surface area (Å²) in [4.78, 5) is 15.7. The fraction of sp³-hybridized carbons (Fsp3) is 0.118. The van der Waals surface area contributed by atoms with Crippen molar-refractivity contribution < 1.29 is 13.2 Å². The Morgan fingerprint density at radius 1 is 1.09 bits per heavy atom. The highest BCUT2D eigenvalue weighted by Crippen LogP contribution is 2.17. The Morgan fingerprint density at radius 2 is 1.83 bits per heavy atom. The Kier molecular flexibility index (Phi) is 3.92. The zero-order valence-electron chi connectivity index (χ0n) is 12.5. The van der Waals surface area contributed by atoms with Crippen molar-refractivity contribution in [2.45, 2.75) is 11.4 Å². The average Bonchev–Trinajstić information content (AvgIpc) is 3.00. The summed E-state index contributed by atoms with van der Waals surface area (Å²) in [6.07, 6.45) is 2.96. The Bertz CT molecular complexity index is 957. The summed E-state index contributed by atoms with van der Waals surface area (Å²) in [6.45, 7) is 0.333. The lowest BCUT2D eigenvalue weighted by atomic mass is 10.1. The lowest BCUT2D eigenvalue weighted by Crippen LogP contribution is -2.23. The summed E-state index contributed by atoms with van der Waals surface area (Å²) < 4.78 is 22.8. The molecule has 2 N–H and O–H groups in total. The highest BCUT2D eigenvalue weighted by Gasteiger charge is 2.11. The van der Waals surface area contributed by atoms with Gasteiger partial charge in [-0.1, -0.05) is 24.3 Å². The number of nitrogens with one attached hydrogen (secondary N) is 2. The van der Waals surface area contributed by atoms with Gasteiger partial charge in [0.05, 0.1) is 16.0 Å². The van der Waals surface area contributed by atoms with Crippen LogP contribution < -0.4 is 5.32 Å². The molecule has 3 aromatic rings. The molecule has 0 fully saturated rings. The Morgan fingerprint density at radius 3 is 2.52 bits per heavy atom. The van der Waals surface area contributed by atoms with Crippen LogP contribution >= 0.6 is 0 Å². The molecule has 0 atom stereocenters. The van der Waals surface area contributed by atoms with Crippen LogP contribution in [0.4, 0.5) is 0 Å². The molecule has 0 aliphatic rings. The summed E-state index contributed by atoms with van der Waals surface area (Å²) in [5.41, 5.74) is 2.22. The van der Waals surface area contributed by atoms with Gasteiger partial charge in [-0.15, -0.1) is 0 Å². The van der Waals surface area contributed by atoms with Crippen molar-refractivity contribution in [3.8, 4) is 0 Å². The van der Waals surface area contributed by atoms with E-state index in [-0.39, 0.29) is 10.8 Å². The van der Waals surface area contributed by atoms with E-state index in [0.29, 0.717) is 12.1 Å². The minimum atomic E-state index is -3.20. The van der Waals surface area contributed by atoms with Gasteiger partial charge in [-0.2, -0.15) is 0 Å². The molecular formula is C17H16N2O3S. The minimum absolute atomic E-state index is 0.176. The molecule has 1 aromatic heterocycles. The molecule has 0 aliphatic carbocycles. The van der Waals surface area contributed by atoms with Crippen molar-refractivity contribution in [2.75, 3.05) is 6.26 Å². The van der Waals surface area contributed by atoms with Crippen LogP contribution in [-0.2, 0) is 16.4 Å². The zero-order chi connectivity index (χ0) is 16.4. The lowest BCUT2D eigenvalue weighted by Gasteiger charge is -2.07. The van der Waals surface area contributed by atoms with Crippen LogP contribution in [0.15, 0.2) is 59.6 Å². The number of carbonyl (C=O) groups excluding carboxylic acids is 1. The zero-order valence-corrected chi connectivity index (χ0v) is 13.4. The number of para-hydroxylation sites is 1. The summed E-state index contributed by atoms with van der Waals surface area (Å²) in [7, 11) is -3.20. The van der Waals surface area contributed by atoms with Crippen molar-refractivity contribution in [3.63, 3.8) is 0 Å². The Balaban J connectivity index is 1.73. The van der Waals surface area contributed by atoms with E-state index in [2.05, 4.69) is 10.3 Å². The van der Waals surface area contributed by atoms with Crippen molar-refractivity contribution in [2.24, 2.45) is 0 Å². The van der Waals surface area contributed by atoms with Gasteiger partial charge in [0.1, 0.15) is 0 Å². The smallest absolute Gasteiger partial charge is 0.253 e. The maximum Gasteiger partial charge on any atom is 0.253 e. The number of sulfone groups is 1. The molecule has 0 saturated heterocycles. The van der Waals surface area contributed by atoms with Gasteiger partial charge < -0.3 is 10.3 Å². The number of H-pyrrole nitrogens is 1. The fourth-order valence-corrected chi connectivity index (χ4v) is 3.04. The highest BCUT2D eigenvalue weighted by molar-refractivity contribution is 7.90. The van der Waals surface area contributed by atoms with Crippen molar-refractivity contribution in [1.29, 1.82) is 0 Å². The molecule has 1 heterocycles. The number of hydrogen-bond donors (Lipinski definition) is 2. The number of fused-ring (bicyclic) bond motifs is 1. The molecule has 3 rings (SSSR count). The largest absolute Gasteiger partial charge is 0.361 e. The minimum Gasteiger partial charge on any atom is -0.361 e. The molecule has 23 heavy (non-hydrogen) atoms. The van der Waals surface area contributed by atoms with E-state index in [0.717, 1.165) is 16.5 Å². The second-order valence-electron chi connectivity index (χ2n) is 5.35. The molecule has 2 aromatic carbocycles. The molecule has 1 amide bonds. The van der Waals surface area contributed by atoms with Crippen LogP contribution in [0.1, 0.15) is 15.9 Å². The molecule has 0 bridgehead atoms. The molecule has 5 nitrogen and oxygen atoms in total. The molecule has 0 aliphatic heterocycles. The fourth-order valence-electron chi connectivity index (χ4n) is 2.41. The van der Waals surface area contributed by atoms with Crippen LogP contribution in [0.2, 0.25) is 0 Å². The molecule has 118 valence electrons. The number of carbonyl (C=O) groups is 1. The monoisotopic (exact) mass is 328 g/mol. The van der Waals surface area contributed by atoms with Crippen LogP contribution in [0.25, 0.3) is 10.9 Å². The topological polar surface area (TPSA) is 79.0 Å². The van der Waals surface area contributed by atoms with Gasteiger partial charge in [-0.25, -0.2) is 8.42 Å².